The van der Waals surface area contributed by atoms with Crippen LogP contribution in [0.3, 0.4) is 0 Å². The maximum Gasteiger partial charge on any atom is 0.357 e. The van der Waals surface area contributed by atoms with Gasteiger partial charge in [-0.3, -0.25) is 0 Å². The van der Waals surface area contributed by atoms with Crippen LogP contribution in [0.4, 0.5) is 0 Å². The number of rotatable bonds is 6. The molecular formula is C16H20ClNO2. The first kappa shape index (κ1) is 16.4. The van der Waals surface area contributed by atoms with Crippen LogP contribution in [-0.2, 0) is 4.74 Å². The molecule has 3 nitrogen and oxygen atoms in total. The molecule has 0 saturated carbocycles. The van der Waals surface area contributed by atoms with Crippen molar-refractivity contribution in [1.82, 2.24) is 4.98 Å². The van der Waals surface area contributed by atoms with Crippen LogP contribution in [0.2, 0.25) is 5.02 Å². The van der Waals surface area contributed by atoms with Crippen molar-refractivity contribution < 1.29 is 9.53 Å². The van der Waals surface area contributed by atoms with Gasteiger partial charge in [-0.05, 0) is 51.8 Å². The molecule has 0 aromatic carbocycles. The average molecular weight is 294 g/mol. The average Bonchev–Trinajstić information content (AvgIpc) is 2.38. The number of hydrogen-bond acceptors (Lipinski definition) is 3. The summed E-state index contributed by atoms with van der Waals surface area (Å²) in [7, 11) is 0. The SMILES string of the molecule is CC(C)=CCC/C(C)=C/COC(=O)c1cc(Cl)ccn1. The minimum absolute atomic E-state index is 0.230. The molecule has 1 aromatic heterocycles. The van der Waals surface area contributed by atoms with Crippen molar-refractivity contribution in [2.24, 2.45) is 0 Å². The van der Waals surface area contributed by atoms with Gasteiger partial charge < -0.3 is 4.74 Å². The van der Waals surface area contributed by atoms with E-state index in [0.717, 1.165) is 12.8 Å². The molecular weight excluding hydrogens is 274 g/mol. The summed E-state index contributed by atoms with van der Waals surface area (Å²) in [6.45, 7) is 6.45. The quantitative estimate of drug-likeness (QED) is 0.569. The summed E-state index contributed by atoms with van der Waals surface area (Å²) in [6.07, 6.45) is 7.58. The molecule has 1 rings (SSSR count). The van der Waals surface area contributed by atoms with Gasteiger partial charge in [0.05, 0.1) is 0 Å². The van der Waals surface area contributed by atoms with E-state index in [0.29, 0.717) is 5.02 Å². The Morgan fingerprint density at radius 1 is 1.35 bits per heavy atom. The largest absolute Gasteiger partial charge is 0.457 e. The number of pyridine rings is 1. The summed E-state index contributed by atoms with van der Waals surface area (Å²) in [6, 6.07) is 3.11. The zero-order valence-corrected chi connectivity index (χ0v) is 12.9. The normalized spacial score (nSPS) is 11.1. The monoisotopic (exact) mass is 293 g/mol. The third kappa shape index (κ3) is 6.53. The van der Waals surface area contributed by atoms with Crippen LogP contribution in [0.1, 0.15) is 44.1 Å². The van der Waals surface area contributed by atoms with Gasteiger partial charge in [0.2, 0.25) is 0 Å². The number of nitrogens with zero attached hydrogens (tertiary/aromatic N) is 1. The predicted octanol–water partition coefficient (Wildman–Crippen LogP) is 4.58. The molecule has 0 spiro atoms. The zero-order valence-electron chi connectivity index (χ0n) is 12.1. The maximum absolute atomic E-state index is 11.7. The van der Waals surface area contributed by atoms with Crippen LogP contribution < -0.4 is 0 Å². The molecule has 0 aliphatic heterocycles. The topological polar surface area (TPSA) is 39.2 Å². The van der Waals surface area contributed by atoms with Gasteiger partial charge in [-0.1, -0.05) is 28.8 Å². The molecule has 0 aliphatic carbocycles. The van der Waals surface area contributed by atoms with E-state index in [4.69, 9.17) is 16.3 Å². The molecule has 1 heterocycles. The summed E-state index contributed by atoms with van der Waals surface area (Å²) >= 11 is 5.79. The van der Waals surface area contributed by atoms with Crippen molar-refractivity contribution in [3.63, 3.8) is 0 Å². The number of allylic oxidation sites excluding steroid dienone is 3. The van der Waals surface area contributed by atoms with Crippen LogP contribution >= 0.6 is 11.6 Å². The van der Waals surface area contributed by atoms with Crippen molar-refractivity contribution in [3.05, 3.63) is 52.3 Å². The Balaban J connectivity index is 2.39. The van der Waals surface area contributed by atoms with E-state index >= 15 is 0 Å². The Hall–Kier alpha value is -1.61. The highest BCUT2D eigenvalue weighted by Gasteiger charge is 2.08. The Labute approximate surface area is 125 Å². The fourth-order valence-electron chi connectivity index (χ4n) is 1.54. The number of carbonyl (C=O) groups excluding carboxylic acids is 1. The standard InChI is InChI=1S/C16H20ClNO2/c1-12(2)5-4-6-13(3)8-10-20-16(19)15-11-14(17)7-9-18-15/h5,7-9,11H,4,6,10H2,1-3H3/b13-8+. The van der Waals surface area contributed by atoms with Gasteiger partial charge in [0.15, 0.2) is 0 Å². The van der Waals surface area contributed by atoms with Gasteiger partial charge in [0.25, 0.3) is 0 Å². The second-order valence-corrected chi connectivity index (χ2v) is 5.26. The molecule has 0 amide bonds. The van der Waals surface area contributed by atoms with Gasteiger partial charge in [0, 0.05) is 11.2 Å². The number of ether oxygens (including phenoxy) is 1. The highest BCUT2D eigenvalue weighted by atomic mass is 35.5. The third-order valence-electron chi connectivity index (χ3n) is 2.67. The summed E-state index contributed by atoms with van der Waals surface area (Å²) in [5.41, 5.74) is 2.75. The van der Waals surface area contributed by atoms with Crippen LogP contribution in [0, 0.1) is 0 Å². The summed E-state index contributed by atoms with van der Waals surface area (Å²) in [4.78, 5) is 15.6. The molecule has 0 radical (unpaired) electrons. The molecule has 108 valence electrons. The lowest BCUT2D eigenvalue weighted by Crippen LogP contribution is -2.07. The first-order valence-corrected chi connectivity index (χ1v) is 6.94. The fourth-order valence-corrected chi connectivity index (χ4v) is 1.70. The van der Waals surface area contributed by atoms with Crippen molar-refractivity contribution in [2.75, 3.05) is 6.61 Å². The number of halogens is 1. The van der Waals surface area contributed by atoms with Gasteiger partial charge in [-0.15, -0.1) is 0 Å². The van der Waals surface area contributed by atoms with Gasteiger partial charge in [-0.25, -0.2) is 9.78 Å². The van der Waals surface area contributed by atoms with E-state index in [1.807, 2.05) is 13.0 Å². The van der Waals surface area contributed by atoms with E-state index in [1.165, 1.54) is 23.4 Å². The molecule has 0 bridgehead atoms. The lowest BCUT2D eigenvalue weighted by atomic mass is 10.1. The Morgan fingerprint density at radius 2 is 2.10 bits per heavy atom. The number of carbonyl (C=O) groups is 1. The van der Waals surface area contributed by atoms with Gasteiger partial charge in [-0.2, -0.15) is 0 Å². The van der Waals surface area contributed by atoms with Crippen molar-refractivity contribution in [1.29, 1.82) is 0 Å². The van der Waals surface area contributed by atoms with Crippen molar-refractivity contribution in [2.45, 2.75) is 33.6 Å². The number of aromatic nitrogens is 1. The number of hydrogen-bond donors (Lipinski definition) is 0. The highest BCUT2D eigenvalue weighted by molar-refractivity contribution is 6.30. The highest BCUT2D eigenvalue weighted by Crippen LogP contribution is 2.10. The summed E-state index contributed by atoms with van der Waals surface area (Å²) in [5.74, 6) is -0.458. The second kappa shape index (κ2) is 8.54. The van der Waals surface area contributed by atoms with Crippen LogP contribution in [0.25, 0.3) is 0 Å². The first-order chi connectivity index (χ1) is 9.49. The van der Waals surface area contributed by atoms with Crippen LogP contribution in [-0.4, -0.2) is 17.6 Å². The molecule has 0 fully saturated rings. The lowest BCUT2D eigenvalue weighted by Gasteiger charge is -2.03. The molecule has 0 saturated heterocycles. The summed E-state index contributed by atoms with van der Waals surface area (Å²) < 4.78 is 5.13. The van der Waals surface area contributed by atoms with E-state index in [1.54, 1.807) is 6.07 Å². The lowest BCUT2D eigenvalue weighted by molar-refractivity contribution is 0.0542. The molecule has 1 aromatic rings. The molecule has 4 heteroatoms. The van der Waals surface area contributed by atoms with E-state index in [9.17, 15) is 4.79 Å². The van der Waals surface area contributed by atoms with Crippen LogP contribution in [0.15, 0.2) is 41.6 Å². The van der Waals surface area contributed by atoms with Gasteiger partial charge >= 0.3 is 5.97 Å². The van der Waals surface area contributed by atoms with E-state index in [2.05, 4.69) is 24.9 Å². The van der Waals surface area contributed by atoms with Crippen molar-refractivity contribution in [3.8, 4) is 0 Å². The van der Waals surface area contributed by atoms with E-state index in [-0.39, 0.29) is 12.3 Å². The maximum atomic E-state index is 11.7. The predicted molar refractivity (Wildman–Crippen MR) is 82.0 cm³/mol. The number of esters is 1. The van der Waals surface area contributed by atoms with Crippen LogP contribution in [0.5, 0.6) is 0 Å². The molecule has 0 N–H and O–H groups in total. The Kier molecular flexibility index (Phi) is 7.02. The Bertz CT molecular complexity index is 517. The first-order valence-electron chi connectivity index (χ1n) is 6.56. The molecule has 0 unspecified atom stereocenters. The minimum atomic E-state index is -0.458. The Morgan fingerprint density at radius 3 is 2.75 bits per heavy atom. The van der Waals surface area contributed by atoms with E-state index < -0.39 is 5.97 Å². The zero-order chi connectivity index (χ0) is 15.0. The molecule has 0 atom stereocenters. The summed E-state index contributed by atoms with van der Waals surface area (Å²) in [5, 5.41) is 0.473. The molecule has 20 heavy (non-hydrogen) atoms. The molecule has 0 aliphatic rings. The fraction of sp³-hybridized carbons (Fsp3) is 0.375. The smallest absolute Gasteiger partial charge is 0.357 e. The third-order valence-corrected chi connectivity index (χ3v) is 2.90. The minimum Gasteiger partial charge on any atom is -0.457 e. The van der Waals surface area contributed by atoms with Gasteiger partial charge in [0.1, 0.15) is 12.3 Å². The van der Waals surface area contributed by atoms with Crippen molar-refractivity contribution >= 4 is 17.6 Å². The second-order valence-electron chi connectivity index (χ2n) is 4.83.